The van der Waals surface area contributed by atoms with E-state index in [1.54, 1.807) is 12.1 Å². The van der Waals surface area contributed by atoms with Gasteiger partial charge in [0, 0.05) is 6.54 Å². The highest BCUT2D eigenvalue weighted by atomic mass is 15.2. The first-order valence-electron chi connectivity index (χ1n) is 4.37. The smallest absolute Gasteiger partial charge is 0.142 e. The van der Waals surface area contributed by atoms with E-state index in [1.165, 1.54) is 0 Å². The van der Waals surface area contributed by atoms with Gasteiger partial charge in [-0.1, -0.05) is 12.0 Å². The largest absolute Gasteiger partial charge is 0.346 e. The molecule has 1 heterocycles. The van der Waals surface area contributed by atoms with Gasteiger partial charge in [-0.05, 0) is 19.1 Å². The lowest BCUT2D eigenvalue weighted by atomic mass is 10.3. The summed E-state index contributed by atoms with van der Waals surface area (Å²) in [5, 5.41) is 8.68. The lowest BCUT2D eigenvalue weighted by molar-refractivity contribution is 0.891. The van der Waals surface area contributed by atoms with E-state index >= 15 is 0 Å². The normalized spacial score (nSPS) is 8.79. The predicted molar refractivity (Wildman–Crippen MR) is 55.7 cm³/mol. The van der Waals surface area contributed by atoms with Gasteiger partial charge >= 0.3 is 0 Å². The molecule has 70 valence electrons. The van der Waals surface area contributed by atoms with Crippen LogP contribution in [0.4, 0.5) is 5.82 Å². The maximum absolute atomic E-state index is 8.68. The summed E-state index contributed by atoms with van der Waals surface area (Å²) in [6.07, 6.45) is 5.23. The van der Waals surface area contributed by atoms with Crippen LogP contribution in [0, 0.1) is 23.7 Å². The van der Waals surface area contributed by atoms with Crippen LogP contribution in [0.1, 0.15) is 12.6 Å². The molecule has 0 atom stereocenters. The molecular weight excluding hydrogens is 174 g/mol. The number of pyridine rings is 1. The number of aromatic nitrogens is 1. The van der Waals surface area contributed by atoms with Crippen molar-refractivity contribution < 1.29 is 0 Å². The van der Waals surface area contributed by atoms with Gasteiger partial charge in [-0.2, -0.15) is 5.26 Å². The topological polar surface area (TPSA) is 39.9 Å². The van der Waals surface area contributed by atoms with Crippen LogP contribution in [0.5, 0.6) is 0 Å². The number of nitriles is 1. The van der Waals surface area contributed by atoms with Crippen molar-refractivity contribution in [1.29, 1.82) is 5.26 Å². The molecule has 0 bridgehead atoms. The van der Waals surface area contributed by atoms with Crippen molar-refractivity contribution in [2.24, 2.45) is 0 Å². The second kappa shape index (κ2) is 4.89. The molecule has 1 rings (SSSR count). The molecule has 0 aliphatic heterocycles. The van der Waals surface area contributed by atoms with Gasteiger partial charge in [-0.25, -0.2) is 4.98 Å². The molecule has 0 amide bonds. The predicted octanol–water partition coefficient (Wildman–Crippen LogP) is 1.41. The Balaban J connectivity index is 2.94. The van der Waals surface area contributed by atoms with Gasteiger partial charge in [0.15, 0.2) is 0 Å². The number of rotatable bonds is 3. The number of terminal acetylenes is 1. The molecule has 0 saturated heterocycles. The molecule has 0 fully saturated rings. The first-order valence-corrected chi connectivity index (χ1v) is 4.37. The highest BCUT2D eigenvalue weighted by Gasteiger charge is 2.03. The van der Waals surface area contributed by atoms with Crippen molar-refractivity contribution in [2.45, 2.75) is 6.92 Å². The number of hydrogen-bond acceptors (Lipinski definition) is 3. The Morgan fingerprint density at radius 1 is 1.57 bits per heavy atom. The first kappa shape index (κ1) is 10.1. The molecule has 14 heavy (non-hydrogen) atoms. The molecule has 0 unspecified atom stereocenters. The van der Waals surface area contributed by atoms with Crippen LogP contribution >= 0.6 is 0 Å². The fourth-order valence-corrected chi connectivity index (χ4v) is 1.13. The molecule has 0 spiro atoms. The van der Waals surface area contributed by atoms with Gasteiger partial charge < -0.3 is 4.90 Å². The van der Waals surface area contributed by atoms with Crippen LogP contribution in [-0.2, 0) is 0 Å². The second-order valence-corrected chi connectivity index (χ2v) is 2.71. The Bertz CT molecular complexity index is 384. The Morgan fingerprint density at radius 3 is 2.93 bits per heavy atom. The van der Waals surface area contributed by atoms with Gasteiger partial charge in [0.05, 0.1) is 6.54 Å². The van der Waals surface area contributed by atoms with E-state index in [0.717, 1.165) is 12.4 Å². The highest BCUT2D eigenvalue weighted by Crippen LogP contribution is 2.09. The zero-order valence-corrected chi connectivity index (χ0v) is 8.07. The van der Waals surface area contributed by atoms with Gasteiger partial charge in [-0.3, -0.25) is 0 Å². The van der Waals surface area contributed by atoms with Crippen LogP contribution in [0.3, 0.4) is 0 Å². The number of hydrogen-bond donors (Lipinski definition) is 0. The van der Waals surface area contributed by atoms with Crippen LogP contribution in [0.25, 0.3) is 0 Å². The molecule has 0 saturated carbocycles. The van der Waals surface area contributed by atoms with Gasteiger partial charge in [0.2, 0.25) is 0 Å². The summed E-state index contributed by atoms with van der Waals surface area (Å²) in [5.74, 6) is 3.31. The summed E-state index contributed by atoms with van der Waals surface area (Å²) in [6, 6.07) is 7.33. The average Bonchev–Trinajstić information content (AvgIpc) is 2.26. The summed E-state index contributed by atoms with van der Waals surface area (Å²) in [4.78, 5) is 6.08. The second-order valence-electron chi connectivity index (χ2n) is 2.71. The first-order chi connectivity index (χ1) is 6.81. The SMILES string of the molecule is C#CCN(CC)c1cccc(C#N)n1. The molecule has 3 nitrogen and oxygen atoms in total. The van der Waals surface area contributed by atoms with Gasteiger partial charge in [-0.15, -0.1) is 6.42 Å². The van der Waals surface area contributed by atoms with E-state index in [1.807, 2.05) is 24.0 Å². The standard InChI is InChI=1S/C11H11N3/c1-3-8-14(4-2)11-7-5-6-10(9-12)13-11/h1,5-7H,4,8H2,2H3. The number of anilines is 1. The van der Waals surface area contributed by atoms with E-state index < -0.39 is 0 Å². The van der Waals surface area contributed by atoms with Crippen molar-refractivity contribution in [3.05, 3.63) is 23.9 Å². The summed E-state index contributed by atoms with van der Waals surface area (Å²) < 4.78 is 0. The zero-order chi connectivity index (χ0) is 10.4. The minimum Gasteiger partial charge on any atom is -0.346 e. The highest BCUT2D eigenvalue weighted by molar-refractivity contribution is 5.42. The van der Waals surface area contributed by atoms with Crippen molar-refractivity contribution in [3.63, 3.8) is 0 Å². The summed E-state index contributed by atoms with van der Waals surface area (Å²) in [7, 11) is 0. The zero-order valence-electron chi connectivity index (χ0n) is 8.07. The molecule has 0 aliphatic rings. The van der Waals surface area contributed by atoms with E-state index in [9.17, 15) is 0 Å². The van der Waals surface area contributed by atoms with E-state index in [-0.39, 0.29) is 0 Å². The maximum atomic E-state index is 8.68. The molecule has 3 heteroatoms. The third kappa shape index (κ3) is 2.24. The Morgan fingerprint density at radius 2 is 2.36 bits per heavy atom. The third-order valence-electron chi connectivity index (χ3n) is 1.84. The molecule has 1 aromatic heterocycles. The quantitative estimate of drug-likeness (QED) is 0.668. The van der Waals surface area contributed by atoms with Crippen molar-refractivity contribution in [1.82, 2.24) is 4.98 Å². The Hall–Kier alpha value is -2.00. The van der Waals surface area contributed by atoms with Crippen molar-refractivity contribution in [2.75, 3.05) is 18.0 Å². The summed E-state index contributed by atoms with van der Waals surface area (Å²) in [6.45, 7) is 3.29. The minimum atomic E-state index is 0.415. The molecule has 1 aromatic rings. The Kier molecular flexibility index (Phi) is 3.52. The van der Waals surface area contributed by atoms with Crippen LogP contribution < -0.4 is 4.90 Å². The molecule has 0 N–H and O–H groups in total. The Labute approximate surface area is 84.0 Å². The number of nitrogens with zero attached hydrogens (tertiary/aromatic N) is 3. The monoisotopic (exact) mass is 185 g/mol. The van der Waals surface area contributed by atoms with E-state index in [2.05, 4.69) is 10.9 Å². The van der Waals surface area contributed by atoms with Crippen molar-refractivity contribution in [3.8, 4) is 18.4 Å². The van der Waals surface area contributed by atoms with E-state index in [4.69, 9.17) is 11.7 Å². The molecule has 0 radical (unpaired) electrons. The maximum Gasteiger partial charge on any atom is 0.142 e. The fourth-order valence-electron chi connectivity index (χ4n) is 1.13. The van der Waals surface area contributed by atoms with E-state index in [0.29, 0.717) is 12.2 Å². The van der Waals surface area contributed by atoms with Gasteiger partial charge in [0.25, 0.3) is 0 Å². The average molecular weight is 185 g/mol. The van der Waals surface area contributed by atoms with Crippen LogP contribution in [0.2, 0.25) is 0 Å². The minimum absolute atomic E-state index is 0.415. The van der Waals surface area contributed by atoms with Crippen LogP contribution in [-0.4, -0.2) is 18.1 Å². The lowest BCUT2D eigenvalue weighted by Gasteiger charge is -2.18. The lowest BCUT2D eigenvalue weighted by Crippen LogP contribution is -2.23. The molecule has 0 aromatic carbocycles. The molecule has 0 aliphatic carbocycles. The van der Waals surface area contributed by atoms with Gasteiger partial charge in [0.1, 0.15) is 17.6 Å². The summed E-state index contributed by atoms with van der Waals surface area (Å²) in [5.41, 5.74) is 0.415. The fraction of sp³-hybridized carbons (Fsp3) is 0.273. The third-order valence-corrected chi connectivity index (χ3v) is 1.84. The van der Waals surface area contributed by atoms with Crippen LogP contribution in [0.15, 0.2) is 18.2 Å². The summed E-state index contributed by atoms with van der Waals surface area (Å²) >= 11 is 0. The molecular formula is C11H11N3. The van der Waals surface area contributed by atoms with Crippen molar-refractivity contribution >= 4 is 5.82 Å².